The molecule has 0 amide bonds. The Kier molecular flexibility index (Phi) is 29.8. The van der Waals surface area contributed by atoms with Crippen molar-refractivity contribution in [3.05, 3.63) is 88.0 Å². The van der Waals surface area contributed by atoms with Crippen molar-refractivity contribution in [1.82, 2.24) is 0 Å². The van der Waals surface area contributed by atoms with Crippen LogP contribution in [0.15, 0.2) is 60.2 Å². The summed E-state index contributed by atoms with van der Waals surface area (Å²) in [5.74, 6) is 0. The summed E-state index contributed by atoms with van der Waals surface area (Å²) in [7, 11) is 0. The second-order valence-corrected chi connectivity index (χ2v) is 18.2. The van der Waals surface area contributed by atoms with Crippen molar-refractivity contribution < 1.29 is 22.7 Å². The standard InChI is InChI=1S/C37H54N2.2C7H15.Pd/c1-4-7-10-11-12-13-14-15-16-17-18-21-35-30-36(33-26-22-31(23-27-33)19-8-5-2)39(38)37(35)34-28-24-32(25-29-34)20-9-6-3;2*1-3-5-7-6-4-2;/h22-30H,4-21H2,1-3H3;2*1,3-7H2,2H3;. The van der Waals surface area contributed by atoms with E-state index in [4.69, 9.17) is 0 Å². The van der Waals surface area contributed by atoms with Gasteiger partial charge in [-0.25, -0.2) is 4.70 Å². The predicted molar refractivity (Wildman–Crippen MR) is 237 cm³/mol. The molecule has 2 aromatic carbocycles. The van der Waals surface area contributed by atoms with Crippen LogP contribution in [0.2, 0.25) is 9.79 Å². The molecule has 1 aliphatic rings. The Balaban J connectivity index is 0.000000567. The summed E-state index contributed by atoms with van der Waals surface area (Å²) in [5, 5.41) is 0. The monoisotopic (exact) mass is 831 g/mol. The molecule has 0 fully saturated rings. The fourth-order valence-electron chi connectivity index (χ4n) is 7.27. The molecule has 1 aliphatic heterocycles. The van der Waals surface area contributed by atoms with Gasteiger partial charge in [-0.1, -0.05) is 122 Å². The maximum absolute atomic E-state index is 11.4. The molecule has 0 bridgehead atoms. The third-order valence-corrected chi connectivity index (χ3v) is 13.1. The van der Waals surface area contributed by atoms with Gasteiger partial charge in [-0.15, -0.1) is 0 Å². The number of aryl methyl sites for hydroxylation is 2. The molecule has 1 heterocycles. The van der Waals surface area contributed by atoms with E-state index in [0.717, 1.165) is 59.8 Å². The van der Waals surface area contributed by atoms with Gasteiger partial charge < -0.3 is 5.53 Å². The van der Waals surface area contributed by atoms with Crippen LogP contribution < -0.4 is 0 Å². The van der Waals surface area contributed by atoms with Crippen LogP contribution in [-0.4, -0.2) is 4.70 Å². The molecule has 0 saturated heterocycles. The Bertz CT molecular complexity index is 1240. The molecule has 0 N–H and O–H groups in total. The zero-order chi connectivity index (χ0) is 38.9. The van der Waals surface area contributed by atoms with Crippen molar-refractivity contribution in [3.8, 4) is 0 Å². The molecular weight excluding hydrogens is 747 g/mol. The number of hydrogen-bond acceptors (Lipinski definition) is 0. The first-order valence-electron chi connectivity index (χ1n) is 23.2. The van der Waals surface area contributed by atoms with Crippen molar-refractivity contribution in [2.45, 2.75) is 224 Å². The number of allylic oxidation sites excluding steroid dienone is 2. The summed E-state index contributed by atoms with van der Waals surface area (Å²) in [6.45, 7) is 11.3. The summed E-state index contributed by atoms with van der Waals surface area (Å²) in [4.78, 5) is 3.07. The van der Waals surface area contributed by atoms with E-state index in [0.29, 0.717) is 0 Å². The van der Waals surface area contributed by atoms with Crippen LogP contribution in [-0.2, 0) is 30.8 Å². The average molecular weight is 832 g/mol. The van der Waals surface area contributed by atoms with Gasteiger partial charge in [0.2, 0.25) is 11.4 Å². The Hall–Kier alpha value is -1.82. The van der Waals surface area contributed by atoms with E-state index in [9.17, 15) is 5.53 Å². The molecule has 3 rings (SSSR count). The third kappa shape index (κ3) is 21.5. The summed E-state index contributed by atoms with van der Waals surface area (Å²) in [5.41, 5.74) is 19.5. The van der Waals surface area contributed by atoms with Gasteiger partial charge in [0.05, 0.1) is 0 Å². The van der Waals surface area contributed by atoms with Gasteiger partial charge in [-0.2, -0.15) is 0 Å². The molecule has 0 saturated carbocycles. The van der Waals surface area contributed by atoms with Crippen molar-refractivity contribution in [2.75, 3.05) is 0 Å². The molecule has 0 radical (unpaired) electrons. The molecule has 0 aliphatic carbocycles. The molecule has 3 heteroatoms. The van der Waals surface area contributed by atoms with Crippen molar-refractivity contribution in [3.63, 3.8) is 0 Å². The fourth-order valence-corrected chi connectivity index (χ4v) is 9.21. The van der Waals surface area contributed by atoms with Crippen molar-refractivity contribution >= 4 is 11.4 Å². The summed E-state index contributed by atoms with van der Waals surface area (Å²) in [6.07, 6.45) is 39.8. The average Bonchev–Trinajstić information content (AvgIpc) is 3.53. The third-order valence-electron chi connectivity index (χ3n) is 10.9. The second-order valence-electron chi connectivity index (χ2n) is 15.9. The van der Waals surface area contributed by atoms with E-state index in [2.05, 4.69) is 89.2 Å². The molecule has 0 unspecified atom stereocenters. The number of benzene rings is 2. The molecule has 2 aromatic rings. The van der Waals surface area contributed by atoms with E-state index in [-0.39, 0.29) is 0 Å². The normalized spacial score (nSPS) is 12.8. The van der Waals surface area contributed by atoms with Gasteiger partial charge >= 0.3 is 106 Å². The molecule has 0 atom stereocenters. The van der Waals surface area contributed by atoms with Crippen molar-refractivity contribution in [2.24, 2.45) is 0 Å². The van der Waals surface area contributed by atoms with Crippen LogP contribution in [0.25, 0.3) is 16.9 Å². The first kappa shape index (κ1) is 48.3. The second kappa shape index (κ2) is 33.3. The Morgan fingerprint density at radius 3 is 1.20 bits per heavy atom. The summed E-state index contributed by atoms with van der Waals surface area (Å²) < 4.78 is 1.45. The predicted octanol–water partition coefficient (Wildman–Crippen LogP) is 17.7. The number of nitrogens with zero attached hydrogens (tertiary/aromatic N) is 2. The summed E-state index contributed by atoms with van der Waals surface area (Å²) >= 11 is 1.07. The summed E-state index contributed by atoms with van der Waals surface area (Å²) in [6, 6.07) is 17.7. The van der Waals surface area contributed by atoms with Gasteiger partial charge in [0.1, 0.15) is 0 Å². The van der Waals surface area contributed by atoms with Gasteiger partial charge in [-0.3, -0.25) is 0 Å². The van der Waals surface area contributed by atoms with Gasteiger partial charge in [-0.05, 0) is 73.9 Å². The topological polar surface area (TPSA) is 25.3 Å². The van der Waals surface area contributed by atoms with Crippen LogP contribution in [0.3, 0.4) is 0 Å². The van der Waals surface area contributed by atoms with Gasteiger partial charge in [0.15, 0.2) is 0 Å². The quantitative estimate of drug-likeness (QED) is 0.0399. The molecule has 308 valence electrons. The van der Waals surface area contributed by atoms with E-state index >= 15 is 0 Å². The van der Waals surface area contributed by atoms with Crippen LogP contribution >= 0.6 is 0 Å². The van der Waals surface area contributed by atoms with Crippen molar-refractivity contribution in [1.29, 1.82) is 0 Å². The van der Waals surface area contributed by atoms with Crippen LogP contribution in [0.4, 0.5) is 0 Å². The SMILES string of the molecule is CCCCCCCCCCCCCC1=C(c2ccc(CCCC)cc2)[N+](=[N-])C(c2ccc(CCCC)cc2)=C1.CCCCCC[CH2][Pd][CH2]CCCCCC. The number of hydrogen-bond donors (Lipinski definition) is 0. The molecule has 0 spiro atoms. The molecule has 0 aromatic heterocycles. The number of rotatable bonds is 32. The van der Waals surface area contributed by atoms with Crippen LogP contribution in [0, 0.1) is 0 Å². The minimum absolute atomic E-state index is 0.903. The van der Waals surface area contributed by atoms with E-state index in [1.54, 1.807) is 0 Å². The molecule has 54 heavy (non-hydrogen) atoms. The molecular formula is C51H84N2Pd. The fraction of sp³-hybridized carbons (Fsp3) is 0.686. The minimum atomic E-state index is 0.903. The first-order valence-corrected chi connectivity index (χ1v) is 25.4. The maximum atomic E-state index is 11.4. The Morgan fingerprint density at radius 2 is 0.778 bits per heavy atom. The Morgan fingerprint density at radius 1 is 0.407 bits per heavy atom. The molecule has 2 nitrogen and oxygen atoms in total. The van der Waals surface area contributed by atoms with E-state index < -0.39 is 0 Å². The van der Waals surface area contributed by atoms with Crippen LogP contribution in [0.5, 0.6) is 0 Å². The zero-order valence-electron chi connectivity index (χ0n) is 36.1. The first-order chi connectivity index (χ1) is 26.6. The Labute approximate surface area is 344 Å². The van der Waals surface area contributed by atoms with E-state index in [1.165, 1.54) is 192 Å². The van der Waals surface area contributed by atoms with Crippen LogP contribution in [0.1, 0.15) is 224 Å². The van der Waals surface area contributed by atoms with Gasteiger partial charge in [0.25, 0.3) is 0 Å². The van der Waals surface area contributed by atoms with Gasteiger partial charge in [0, 0.05) is 22.8 Å². The number of unbranched alkanes of at least 4 members (excludes halogenated alkanes) is 20. The zero-order valence-corrected chi connectivity index (χ0v) is 37.7. The van der Waals surface area contributed by atoms with E-state index in [1.807, 2.05) is 0 Å².